The van der Waals surface area contributed by atoms with Crippen LogP contribution in [-0.2, 0) is 16.1 Å². The van der Waals surface area contributed by atoms with Gasteiger partial charge in [0.2, 0.25) is 0 Å². The average Bonchev–Trinajstić information content (AvgIpc) is 3.42. The number of hydrogen-bond donors (Lipinski definition) is 1. The second-order valence-corrected chi connectivity index (χ2v) is 8.35. The van der Waals surface area contributed by atoms with Gasteiger partial charge in [-0.1, -0.05) is 29.3 Å². The number of furan rings is 1. The maximum atomic E-state index is 13.1. The van der Waals surface area contributed by atoms with Gasteiger partial charge in [-0.25, -0.2) is 0 Å². The Balaban J connectivity index is 1.65. The lowest BCUT2D eigenvalue weighted by molar-refractivity contribution is -0.140. The topological polar surface area (TPSA) is 89.2 Å². The minimum absolute atomic E-state index is 0.0282. The minimum Gasteiger partial charge on any atom is -0.507 e. The summed E-state index contributed by atoms with van der Waals surface area (Å²) in [6.45, 7) is 0.821. The molecule has 0 radical (unpaired) electrons. The van der Waals surface area contributed by atoms with Crippen molar-refractivity contribution in [3.8, 4) is 11.5 Å². The highest BCUT2D eigenvalue weighted by atomic mass is 35.5. The summed E-state index contributed by atoms with van der Waals surface area (Å²) >= 11 is 12.3. The van der Waals surface area contributed by atoms with E-state index in [1.165, 1.54) is 11.2 Å². The molecule has 2 aliphatic heterocycles. The van der Waals surface area contributed by atoms with Crippen molar-refractivity contribution in [1.29, 1.82) is 0 Å². The van der Waals surface area contributed by atoms with Gasteiger partial charge in [-0.3, -0.25) is 9.59 Å². The van der Waals surface area contributed by atoms with Gasteiger partial charge in [-0.05, 0) is 48.0 Å². The summed E-state index contributed by atoms with van der Waals surface area (Å²) in [4.78, 5) is 27.5. The maximum Gasteiger partial charge on any atom is 0.296 e. The van der Waals surface area contributed by atoms with E-state index in [4.69, 9.17) is 37.1 Å². The van der Waals surface area contributed by atoms with Gasteiger partial charge < -0.3 is 23.9 Å². The summed E-state index contributed by atoms with van der Waals surface area (Å²) in [5.41, 5.74) is 0.774. The quantitative estimate of drug-likeness (QED) is 0.318. The van der Waals surface area contributed by atoms with Crippen molar-refractivity contribution in [2.45, 2.75) is 12.6 Å². The van der Waals surface area contributed by atoms with Gasteiger partial charge in [0.1, 0.15) is 24.7 Å². The highest BCUT2D eigenvalue weighted by molar-refractivity contribution is 6.46. The second kappa shape index (κ2) is 8.50. The first kappa shape index (κ1) is 21.4. The number of ketones is 1. The fourth-order valence-corrected chi connectivity index (χ4v) is 4.30. The van der Waals surface area contributed by atoms with E-state index in [9.17, 15) is 14.7 Å². The number of aliphatic hydroxyl groups excluding tert-OH is 1. The Morgan fingerprint density at radius 2 is 1.79 bits per heavy atom. The van der Waals surface area contributed by atoms with Crippen molar-refractivity contribution in [3.63, 3.8) is 0 Å². The number of ether oxygens (including phenoxy) is 2. The summed E-state index contributed by atoms with van der Waals surface area (Å²) < 4.78 is 16.5. The largest absolute Gasteiger partial charge is 0.507 e. The third-order valence-corrected chi connectivity index (χ3v) is 6.26. The molecule has 0 spiro atoms. The Kier molecular flexibility index (Phi) is 5.52. The van der Waals surface area contributed by atoms with E-state index in [0.29, 0.717) is 46.6 Å². The molecule has 1 saturated heterocycles. The number of halogens is 2. The number of carbonyl (C=O) groups excluding carboxylic acids is 2. The van der Waals surface area contributed by atoms with Crippen LogP contribution in [0.25, 0.3) is 5.76 Å². The monoisotopic (exact) mass is 485 g/mol. The predicted octanol–water partition coefficient (Wildman–Crippen LogP) is 4.98. The van der Waals surface area contributed by atoms with E-state index in [0.717, 1.165) is 0 Å². The molecular weight excluding hydrogens is 469 g/mol. The lowest BCUT2D eigenvalue weighted by atomic mass is 9.95. The third-order valence-electron chi connectivity index (χ3n) is 5.52. The van der Waals surface area contributed by atoms with E-state index in [1.807, 2.05) is 0 Å². The molecule has 2 aromatic carbocycles. The molecule has 7 nitrogen and oxygen atoms in total. The number of fused-ring (bicyclic) bond motifs is 1. The van der Waals surface area contributed by atoms with Gasteiger partial charge in [0.15, 0.2) is 11.5 Å². The molecule has 3 heterocycles. The molecular formula is C24H17Cl2NO6. The van der Waals surface area contributed by atoms with Gasteiger partial charge in [0.25, 0.3) is 11.7 Å². The van der Waals surface area contributed by atoms with Crippen LogP contribution in [0.4, 0.5) is 0 Å². The highest BCUT2D eigenvalue weighted by Gasteiger charge is 2.46. The SMILES string of the molecule is O=C1C(=O)N(Cc2ccco2)C(c2ccc(Cl)c(Cl)c2)/C1=C(\O)c1ccc2c(c1)OCCO2. The first-order chi connectivity index (χ1) is 15.9. The smallest absolute Gasteiger partial charge is 0.296 e. The zero-order chi connectivity index (χ0) is 23.1. The van der Waals surface area contributed by atoms with Gasteiger partial charge >= 0.3 is 0 Å². The number of amides is 1. The lowest BCUT2D eigenvalue weighted by Gasteiger charge is -2.25. The Bertz CT molecular complexity index is 1280. The second-order valence-electron chi connectivity index (χ2n) is 7.54. The van der Waals surface area contributed by atoms with Crippen LogP contribution in [0.15, 0.2) is 64.8 Å². The fraction of sp³-hybridized carbons (Fsp3) is 0.167. The molecule has 1 N–H and O–H groups in total. The molecule has 1 unspecified atom stereocenters. The summed E-state index contributed by atoms with van der Waals surface area (Å²) in [6.07, 6.45) is 1.48. The first-order valence-electron chi connectivity index (χ1n) is 10.1. The summed E-state index contributed by atoms with van der Waals surface area (Å²) in [7, 11) is 0. The predicted molar refractivity (Wildman–Crippen MR) is 120 cm³/mol. The summed E-state index contributed by atoms with van der Waals surface area (Å²) in [5, 5.41) is 11.8. The number of aliphatic hydroxyl groups is 1. The molecule has 0 saturated carbocycles. The number of likely N-dealkylation sites (tertiary alicyclic amines) is 1. The normalized spacial score (nSPS) is 19.2. The Hall–Kier alpha value is -3.42. The highest BCUT2D eigenvalue weighted by Crippen LogP contribution is 2.42. The molecule has 5 rings (SSSR count). The van der Waals surface area contributed by atoms with E-state index in [-0.39, 0.29) is 22.9 Å². The van der Waals surface area contributed by atoms with Crippen LogP contribution in [0.2, 0.25) is 10.0 Å². The van der Waals surface area contributed by atoms with Gasteiger partial charge in [-0.2, -0.15) is 0 Å². The molecule has 1 amide bonds. The lowest BCUT2D eigenvalue weighted by Crippen LogP contribution is -2.29. The van der Waals surface area contributed by atoms with E-state index in [2.05, 4.69) is 0 Å². The Labute approximate surface area is 198 Å². The van der Waals surface area contributed by atoms with Crippen LogP contribution in [0.3, 0.4) is 0 Å². The van der Waals surface area contributed by atoms with Crippen LogP contribution in [-0.4, -0.2) is 34.9 Å². The third kappa shape index (κ3) is 3.83. The molecule has 33 heavy (non-hydrogen) atoms. The van der Waals surface area contributed by atoms with Crippen LogP contribution in [0.1, 0.15) is 22.9 Å². The van der Waals surface area contributed by atoms with Gasteiger partial charge in [0.05, 0.1) is 34.5 Å². The standard InChI is InChI=1S/C24H17Cl2NO6/c25-16-5-3-13(10-17(16)26)21-20(23(29)24(30)27(21)12-15-2-1-7-31-15)22(28)14-4-6-18-19(11-14)33-9-8-32-18/h1-7,10-11,21,28H,8-9,12H2/b22-20+. The molecule has 9 heteroatoms. The van der Waals surface area contributed by atoms with Crippen LogP contribution >= 0.6 is 23.2 Å². The van der Waals surface area contributed by atoms with Crippen LogP contribution < -0.4 is 9.47 Å². The van der Waals surface area contributed by atoms with Gasteiger partial charge in [0, 0.05) is 5.56 Å². The Morgan fingerprint density at radius 1 is 1.00 bits per heavy atom. The van der Waals surface area contributed by atoms with Crippen molar-refractivity contribution in [2.75, 3.05) is 13.2 Å². The number of nitrogens with zero attached hydrogens (tertiary/aromatic N) is 1. The Morgan fingerprint density at radius 3 is 2.52 bits per heavy atom. The molecule has 0 bridgehead atoms. The number of Topliss-reactive ketones (excluding diaryl/α,β-unsaturated/α-hetero) is 1. The molecule has 168 valence electrons. The van der Waals surface area contributed by atoms with Crippen LogP contribution in [0.5, 0.6) is 11.5 Å². The zero-order valence-electron chi connectivity index (χ0n) is 17.1. The van der Waals surface area contributed by atoms with Crippen LogP contribution in [0, 0.1) is 0 Å². The summed E-state index contributed by atoms with van der Waals surface area (Å²) in [6, 6.07) is 12.1. The zero-order valence-corrected chi connectivity index (χ0v) is 18.6. The number of carbonyl (C=O) groups is 2. The van der Waals surface area contributed by atoms with E-state index < -0.39 is 17.7 Å². The molecule has 2 aliphatic rings. The van der Waals surface area contributed by atoms with Crippen molar-refractivity contribution in [1.82, 2.24) is 4.90 Å². The number of benzene rings is 2. The first-order valence-corrected chi connectivity index (χ1v) is 10.9. The van der Waals surface area contributed by atoms with Gasteiger partial charge in [-0.15, -0.1) is 0 Å². The average molecular weight is 486 g/mol. The molecule has 3 aromatic rings. The maximum absolute atomic E-state index is 13.1. The number of rotatable bonds is 4. The minimum atomic E-state index is -0.905. The molecule has 0 aliphatic carbocycles. The summed E-state index contributed by atoms with van der Waals surface area (Å²) in [5.74, 6) is -0.436. The van der Waals surface area contributed by atoms with E-state index >= 15 is 0 Å². The van der Waals surface area contributed by atoms with Crippen molar-refractivity contribution < 1.29 is 28.6 Å². The van der Waals surface area contributed by atoms with Crippen molar-refractivity contribution >= 4 is 40.7 Å². The van der Waals surface area contributed by atoms with Crippen molar-refractivity contribution in [3.05, 3.63) is 87.3 Å². The molecule has 1 atom stereocenters. The van der Waals surface area contributed by atoms with Crippen molar-refractivity contribution in [2.24, 2.45) is 0 Å². The number of hydrogen-bond acceptors (Lipinski definition) is 6. The van der Waals surface area contributed by atoms with E-state index in [1.54, 1.807) is 48.5 Å². The molecule has 1 aromatic heterocycles. The molecule has 1 fully saturated rings. The fourth-order valence-electron chi connectivity index (χ4n) is 3.99.